The zero-order valence-electron chi connectivity index (χ0n) is 12.2. The molecule has 0 fully saturated rings. The number of hydrogen-bond acceptors (Lipinski definition) is 3. The molecule has 5 heteroatoms. The molecule has 0 saturated heterocycles. The molecule has 0 heterocycles. The van der Waals surface area contributed by atoms with Crippen LogP contribution in [-0.2, 0) is 0 Å². The second kappa shape index (κ2) is 8.17. The van der Waals surface area contributed by atoms with E-state index in [0.717, 1.165) is 19.5 Å². The summed E-state index contributed by atoms with van der Waals surface area (Å²) in [6.45, 7) is 9.09. The minimum absolute atomic E-state index is 0.0459. The summed E-state index contributed by atoms with van der Waals surface area (Å²) in [5, 5.41) is 14.8. The van der Waals surface area contributed by atoms with Crippen LogP contribution in [0, 0.1) is 5.92 Å². The molecule has 0 aliphatic heterocycles. The Balaban J connectivity index is 2.17. The summed E-state index contributed by atoms with van der Waals surface area (Å²) in [4.78, 5) is 14.0. The van der Waals surface area contributed by atoms with E-state index in [1.807, 2.05) is 12.2 Å². The molecule has 0 saturated carbocycles. The standard InChI is InChI=1S/C14H27N3O2/c1-4-17(11(2)3)8-7-15-14(19)16-13-6-5-12(9-13)10-18/h5-6,11-13,18H,4,7-10H2,1-3H3,(H2,15,16,19)/t12-,13+/m0/s1. The highest BCUT2D eigenvalue weighted by molar-refractivity contribution is 5.74. The monoisotopic (exact) mass is 269 g/mol. The first-order valence-corrected chi connectivity index (χ1v) is 7.14. The number of urea groups is 1. The lowest BCUT2D eigenvalue weighted by molar-refractivity contribution is 0.219. The van der Waals surface area contributed by atoms with E-state index in [1.54, 1.807) is 0 Å². The van der Waals surface area contributed by atoms with E-state index < -0.39 is 0 Å². The second-order valence-electron chi connectivity index (χ2n) is 5.29. The van der Waals surface area contributed by atoms with Crippen LogP contribution in [-0.4, -0.2) is 54.4 Å². The van der Waals surface area contributed by atoms with Gasteiger partial charge in [0.05, 0.1) is 0 Å². The molecule has 110 valence electrons. The maximum Gasteiger partial charge on any atom is 0.315 e. The van der Waals surface area contributed by atoms with Gasteiger partial charge in [0.15, 0.2) is 0 Å². The highest BCUT2D eigenvalue weighted by Crippen LogP contribution is 2.16. The van der Waals surface area contributed by atoms with Gasteiger partial charge in [0.25, 0.3) is 0 Å². The molecule has 0 spiro atoms. The molecule has 0 aromatic carbocycles. The third kappa shape index (κ3) is 5.61. The van der Waals surface area contributed by atoms with E-state index in [9.17, 15) is 4.79 Å². The Bertz CT molecular complexity index is 305. The Morgan fingerprint density at radius 3 is 2.74 bits per heavy atom. The van der Waals surface area contributed by atoms with Crippen molar-refractivity contribution in [1.29, 1.82) is 0 Å². The van der Waals surface area contributed by atoms with Crippen LogP contribution in [0.1, 0.15) is 27.2 Å². The van der Waals surface area contributed by atoms with Crippen LogP contribution in [0.15, 0.2) is 12.2 Å². The molecule has 0 aromatic rings. The Morgan fingerprint density at radius 1 is 1.47 bits per heavy atom. The summed E-state index contributed by atoms with van der Waals surface area (Å²) in [6.07, 6.45) is 4.70. The molecule has 1 rings (SSSR count). The second-order valence-corrected chi connectivity index (χ2v) is 5.29. The van der Waals surface area contributed by atoms with Gasteiger partial charge >= 0.3 is 6.03 Å². The van der Waals surface area contributed by atoms with Gasteiger partial charge < -0.3 is 15.7 Å². The van der Waals surface area contributed by atoms with Gasteiger partial charge in [0, 0.05) is 37.7 Å². The fraction of sp³-hybridized carbons (Fsp3) is 0.786. The highest BCUT2D eigenvalue weighted by atomic mass is 16.3. The summed E-state index contributed by atoms with van der Waals surface area (Å²) >= 11 is 0. The third-order valence-electron chi connectivity index (χ3n) is 3.54. The Kier molecular flexibility index (Phi) is 6.87. The molecule has 19 heavy (non-hydrogen) atoms. The number of rotatable bonds is 7. The largest absolute Gasteiger partial charge is 0.396 e. The molecule has 2 amide bonds. The van der Waals surface area contributed by atoms with E-state index >= 15 is 0 Å². The molecule has 3 N–H and O–H groups in total. The number of hydrogen-bond donors (Lipinski definition) is 3. The Hall–Kier alpha value is -1.07. The summed E-state index contributed by atoms with van der Waals surface area (Å²) in [5.74, 6) is 0.182. The third-order valence-corrected chi connectivity index (χ3v) is 3.54. The van der Waals surface area contributed by atoms with E-state index in [2.05, 4.69) is 36.3 Å². The van der Waals surface area contributed by atoms with Crippen molar-refractivity contribution in [2.45, 2.75) is 39.3 Å². The van der Waals surface area contributed by atoms with E-state index in [0.29, 0.717) is 12.6 Å². The van der Waals surface area contributed by atoms with Crippen LogP contribution in [0.2, 0.25) is 0 Å². The molecular weight excluding hydrogens is 242 g/mol. The first kappa shape index (κ1) is 16.0. The zero-order valence-corrected chi connectivity index (χ0v) is 12.2. The van der Waals surface area contributed by atoms with Crippen LogP contribution in [0.3, 0.4) is 0 Å². The van der Waals surface area contributed by atoms with Gasteiger partial charge in [-0.05, 0) is 26.8 Å². The normalized spacial score (nSPS) is 22.2. The van der Waals surface area contributed by atoms with Crippen molar-refractivity contribution in [2.75, 3.05) is 26.2 Å². The maximum absolute atomic E-state index is 11.7. The topological polar surface area (TPSA) is 64.6 Å². The van der Waals surface area contributed by atoms with Gasteiger partial charge in [0.2, 0.25) is 0 Å². The number of nitrogens with zero attached hydrogens (tertiary/aromatic N) is 1. The van der Waals surface area contributed by atoms with E-state index in [1.165, 1.54) is 0 Å². The molecule has 0 unspecified atom stereocenters. The summed E-state index contributed by atoms with van der Waals surface area (Å²) in [5.41, 5.74) is 0. The maximum atomic E-state index is 11.7. The average Bonchev–Trinajstić information content (AvgIpc) is 2.81. The number of aliphatic hydroxyl groups is 1. The SMILES string of the molecule is CCN(CCNC(=O)N[C@@H]1C=C[C@H](CO)C1)C(C)C. The fourth-order valence-corrected chi connectivity index (χ4v) is 2.33. The van der Waals surface area contributed by atoms with E-state index in [-0.39, 0.29) is 24.6 Å². The lowest BCUT2D eigenvalue weighted by Crippen LogP contribution is -2.44. The fourth-order valence-electron chi connectivity index (χ4n) is 2.33. The number of amides is 2. The molecule has 1 aliphatic rings. The van der Waals surface area contributed by atoms with Crippen molar-refractivity contribution in [3.63, 3.8) is 0 Å². The van der Waals surface area contributed by atoms with Crippen molar-refractivity contribution in [3.8, 4) is 0 Å². The van der Waals surface area contributed by atoms with Crippen molar-refractivity contribution in [2.24, 2.45) is 5.92 Å². The predicted molar refractivity (Wildman–Crippen MR) is 77.0 cm³/mol. The number of carbonyl (C=O) groups is 1. The first-order chi connectivity index (χ1) is 9.06. The van der Waals surface area contributed by atoms with Crippen LogP contribution >= 0.6 is 0 Å². The first-order valence-electron chi connectivity index (χ1n) is 7.14. The summed E-state index contributed by atoms with van der Waals surface area (Å²) in [7, 11) is 0. The van der Waals surface area contributed by atoms with Crippen molar-refractivity contribution >= 4 is 6.03 Å². The lowest BCUT2D eigenvalue weighted by atomic mass is 10.1. The van der Waals surface area contributed by atoms with Gasteiger partial charge in [-0.3, -0.25) is 4.90 Å². The Labute approximate surface area is 116 Å². The summed E-state index contributed by atoms with van der Waals surface area (Å²) < 4.78 is 0. The number of aliphatic hydroxyl groups excluding tert-OH is 1. The van der Waals surface area contributed by atoms with Gasteiger partial charge in [-0.1, -0.05) is 19.1 Å². The molecular formula is C14H27N3O2. The number of nitrogens with one attached hydrogen (secondary N) is 2. The van der Waals surface area contributed by atoms with Crippen molar-refractivity contribution in [3.05, 3.63) is 12.2 Å². The zero-order chi connectivity index (χ0) is 14.3. The van der Waals surface area contributed by atoms with E-state index in [4.69, 9.17) is 5.11 Å². The van der Waals surface area contributed by atoms with Crippen LogP contribution in [0.4, 0.5) is 4.79 Å². The predicted octanol–water partition coefficient (Wildman–Crippen LogP) is 0.953. The van der Waals surface area contributed by atoms with Crippen LogP contribution in [0.25, 0.3) is 0 Å². The van der Waals surface area contributed by atoms with Crippen molar-refractivity contribution in [1.82, 2.24) is 15.5 Å². The molecule has 0 aromatic heterocycles. The quantitative estimate of drug-likeness (QED) is 0.603. The lowest BCUT2D eigenvalue weighted by Gasteiger charge is -2.24. The van der Waals surface area contributed by atoms with Crippen LogP contribution in [0.5, 0.6) is 0 Å². The Morgan fingerprint density at radius 2 is 2.21 bits per heavy atom. The number of carbonyl (C=O) groups excluding carboxylic acids is 1. The summed E-state index contributed by atoms with van der Waals surface area (Å²) in [6, 6.07) is 0.413. The molecule has 0 bridgehead atoms. The smallest absolute Gasteiger partial charge is 0.315 e. The van der Waals surface area contributed by atoms with Gasteiger partial charge in [-0.2, -0.15) is 0 Å². The molecule has 1 aliphatic carbocycles. The average molecular weight is 269 g/mol. The van der Waals surface area contributed by atoms with Gasteiger partial charge in [-0.15, -0.1) is 0 Å². The minimum Gasteiger partial charge on any atom is -0.396 e. The minimum atomic E-state index is -0.131. The highest BCUT2D eigenvalue weighted by Gasteiger charge is 2.19. The van der Waals surface area contributed by atoms with Gasteiger partial charge in [0.1, 0.15) is 0 Å². The molecule has 2 atom stereocenters. The van der Waals surface area contributed by atoms with Crippen LogP contribution < -0.4 is 10.6 Å². The molecule has 5 nitrogen and oxygen atoms in total. The van der Waals surface area contributed by atoms with Gasteiger partial charge in [-0.25, -0.2) is 4.79 Å². The molecule has 0 radical (unpaired) electrons. The van der Waals surface area contributed by atoms with Crippen molar-refractivity contribution < 1.29 is 9.90 Å². The number of likely N-dealkylation sites (N-methyl/N-ethyl adjacent to an activating group) is 1.